The summed E-state index contributed by atoms with van der Waals surface area (Å²) in [6, 6.07) is 3.69. The van der Waals surface area contributed by atoms with Gasteiger partial charge in [0.2, 0.25) is 0 Å². The minimum Gasteiger partial charge on any atom is -0.488 e. The lowest BCUT2D eigenvalue weighted by atomic mass is 10.2. The molecule has 72 valence electrons. The van der Waals surface area contributed by atoms with E-state index in [0.29, 0.717) is 17.9 Å². The van der Waals surface area contributed by atoms with Crippen molar-refractivity contribution in [1.29, 1.82) is 5.26 Å². The summed E-state index contributed by atoms with van der Waals surface area (Å²) in [4.78, 5) is 3.90. The van der Waals surface area contributed by atoms with Gasteiger partial charge in [-0.1, -0.05) is 0 Å². The van der Waals surface area contributed by atoms with Crippen molar-refractivity contribution in [3.05, 3.63) is 24.0 Å². The molecule has 1 aliphatic rings. The Morgan fingerprint density at radius 3 is 3.21 bits per heavy atom. The SMILES string of the molecule is N#Cc1ccncc1OC[C@H]1CCO1. The highest BCUT2D eigenvalue weighted by Crippen LogP contribution is 2.17. The van der Waals surface area contributed by atoms with E-state index in [1.165, 1.54) is 0 Å². The molecule has 1 saturated heterocycles. The molecule has 1 aromatic heterocycles. The van der Waals surface area contributed by atoms with E-state index in [2.05, 4.69) is 4.98 Å². The first kappa shape index (κ1) is 8.97. The summed E-state index contributed by atoms with van der Waals surface area (Å²) in [5, 5.41) is 8.77. The van der Waals surface area contributed by atoms with Crippen LogP contribution in [0.3, 0.4) is 0 Å². The molecule has 1 fully saturated rings. The van der Waals surface area contributed by atoms with Gasteiger partial charge in [0.1, 0.15) is 12.7 Å². The summed E-state index contributed by atoms with van der Waals surface area (Å²) in [5.74, 6) is 0.533. The zero-order chi connectivity index (χ0) is 9.80. The predicted octanol–water partition coefficient (Wildman–Crippen LogP) is 1.12. The molecule has 0 amide bonds. The lowest BCUT2D eigenvalue weighted by molar-refractivity contribution is -0.0721. The fourth-order valence-corrected chi connectivity index (χ4v) is 1.19. The molecule has 0 aromatic carbocycles. The predicted molar refractivity (Wildman–Crippen MR) is 48.8 cm³/mol. The molecule has 14 heavy (non-hydrogen) atoms. The number of ether oxygens (including phenoxy) is 2. The highest BCUT2D eigenvalue weighted by Gasteiger charge is 2.19. The van der Waals surface area contributed by atoms with E-state index in [0.717, 1.165) is 13.0 Å². The first-order valence-electron chi connectivity index (χ1n) is 4.48. The fraction of sp³-hybridized carbons (Fsp3) is 0.400. The quantitative estimate of drug-likeness (QED) is 0.716. The first-order valence-corrected chi connectivity index (χ1v) is 4.48. The van der Waals surface area contributed by atoms with E-state index >= 15 is 0 Å². The molecule has 1 aromatic rings. The van der Waals surface area contributed by atoms with Gasteiger partial charge in [-0.15, -0.1) is 0 Å². The van der Waals surface area contributed by atoms with Crippen LogP contribution in [0.4, 0.5) is 0 Å². The van der Waals surface area contributed by atoms with Gasteiger partial charge in [0.25, 0.3) is 0 Å². The van der Waals surface area contributed by atoms with E-state index in [9.17, 15) is 0 Å². The van der Waals surface area contributed by atoms with Crippen molar-refractivity contribution in [2.24, 2.45) is 0 Å². The maximum atomic E-state index is 8.77. The monoisotopic (exact) mass is 190 g/mol. The molecule has 4 nitrogen and oxygen atoms in total. The molecular formula is C10H10N2O2. The molecule has 2 heterocycles. The van der Waals surface area contributed by atoms with Crippen molar-refractivity contribution in [3.63, 3.8) is 0 Å². The zero-order valence-electron chi connectivity index (χ0n) is 7.64. The van der Waals surface area contributed by atoms with Gasteiger partial charge in [-0.3, -0.25) is 4.98 Å². The maximum Gasteiger partial charge on any atom is 0.155 e. The lowest BCUT2D eigenvalue weighted by Gasteiger charge is -2.26. The molecule has 1 atom stereocenters. The van der Waals surface area contributed by atoms with Gasteiger partial charge in [-0.05, 0) is 6.07 Å². The van der Waals surface area contributed by atoms with Gasteiger partial charge < -0.3 is 9.47 Å². The summed E-state index contributed by atoms with van der Waals surface area (Å²) in [6.45, 7) is 1.31. The van der Waals surface area contributed by atoms with Crippen LogP contribution >= 0.6 is 0 Å². The van der Waals surface area contributed by atoms with E-state index < -0.39 is 0 Å². The Morgan fingerprint density at radius 2 is 2.57 bits per heavy atom. The average molecular weight is 190 g/mol. The molecule has 0 radical (unpaired) electrons. The van der Waals surface area contributed by atoms with Gasteiger partial charge >= 0.3 is 0 Å². The standard InChI is InChI=1S/C10H10N2O2/c11-5-8-1-3-12-6-10(8)14-7-9-2-4-13-9/h1,3,6,9H,2,4,7H2/t9-/m1/s1. The van der Waals surface area contributed by atoms with Crippen molar-refractivity contribution >= 4 is 0 Å². The summed E-state index contributed by atoms with van der Waals surface area (Å²) >= 11 is 0. The summed E-state index contributed by atoms with van der Waals surface area (Å²) < 4.78 is 10.6. The normalized spacial score (nSPS) is 19.5. The van der Waals surface area contributed by atoms with Crippen LogP contribution in [-0.2, 0) is 4.74 Å². The van der Waals surface area contributed by atoms with Gasteiger partial charge in [0, 0.05) is 19.2 Å². The molecule has 4 heteroatoms. The summed E-state index contributed by atoms with van der Waals surface area (Å²) in [5.41, 5.74) is 0.513. The summed E-state index contributed by atoms with van der Waals surface area (Å²) in [6.07, 6.45) is 4.34. The number of nitriles is 1. The van der Waals surface area contributed by atoms with Crippen LogP contribution < -0.4 is 4.74 Å². The number of pyridine rings is 1. The molecule has 0 N–H and O–H groups in total. The van der Waals surface area contributed by atoms with Crippen molar-refractivity contribution in [2.45, 2.75) is 12.5 Å². The van der Waals surface area contributed by atoms with Crippen LogP contribution in [0.25, 0.3) is 0 Å². The van der Waals surface area contributed by atoms with Gasteiger partial charge in [0.15, 0.2) is 5.75 Å². The third kappa shape index (κ3) is 1.83. The molecular weight excluding hydrogens is 180 g/mol. The molecule has 0 aliphatic carbocycles. The van der Waals surface area contributed by atoms with E-state index in [1.54, 1.807) is 18.5 Å². The van der Waals surface area contributed by atoms with Crippen molar-refractivity contribution in [1.82, 2.24) is 4.98 Å². The Bertz CT molecular complexity index is 355. The second-order valence-corrected chi connectivity index (χ2v) is 3.08. The second-order valence-electron chi connectivity index (χ2n) is 3.08. The van der Waals surface area contributed by atoms with Crippen LogP contribution in [0.15, 0.2) is 18.5 Å². The Kier molecular flexibility index (Phi) is 2.61. The average Bonchev–Trinajstić information content (AvgIpc) is 2.16. The molecule has 0 unspecified atom stereocenters. The third-order valence-electron chi connectivity index (χ3n) is 2.12. The number of rotatable bonds is 3. The number of hydrogen-bond donors (Lipinski definition) is 0. The molecule has 2 rings (SSSR count). The van der Waals surface area contributed by atoms with Crippen LogP contribution in [-0.4, -0.2) is 24.3 Å². The van der Waals surface area contributed by atoms with Crippen molar-refractivity contribution in [3.8, 4) is 11.8 Å². The largest absolute Gasteiger partial charge is 0.488 e. The minimum atomic E-state index is 0.182. The highest BCUT2D eigenvalue weighted by molar-refractivity contribution is 5.40. The third-order valence-corrected chi connectivity index (χ3v) is 2.12. The Labute approximate surface area is 82.1 Å². The lowest BCUT2D eigenvalue weighted by Crippen LogP contribution is -2.32. The molecule has 0 spiro atoms. The van der Waals surface area contributed by atoms with E-state index in [-0.39, 0.29) is 6.10 Å². The first-order chi connectivity index (χ1) is 6.90. The molecule has 0 bridgehead atoms. The molecule has 1 aliphatic heterocycles. The topological polar surface area (TPSA) is 55.1 Å². The van der Waals surface area contributed by atoms with E-state index in [4.69, 9.17) is 14.7 Å². The smallest absolute Gasteiger partial charge is 0.155 e. The second kappa shape index (κ2) is 4.07. The summed E-state index contributed by atoms with van der Waals surface area (Å²) in [7, 11) is 0. The number of hydrogen-bond acceptors (Lipinski definition) is 4. The van der Waals surface area contributed by atoms with E-state index in [1.807, 2.05) is 6.07 Å². The highest BCUT2D eigenvalue weighted by atomic mass is 16.5. The molecule has 0 saturated carbocycles. The Morgan fingerprint density at radius 1 is 1.71 bits per heavy atom. The number of nitrogens with zero attached hydrogens (tertiary/aromatic N) is 2. The van der Waals surface area contributed by atoms with Gasteiger partial charge in [0.05, 0.1) is 17.9 Å². The fourth-order valence-electron chi connectivity index (χ4n) is 1.19. The van der Waals surface area contributed by atoms with Crippen LogP contribution in [0, 0.1) is 11.3 Å². The van der Waals surface area contributed by atoms with Gasteiger partial charge in [-0.2, -0.15) is 5.26 Å². The van der Waals surface area contributed by atoms with Crippen molar-refractivity contribution in [2.75, 3.05) is 13.2 Å². The van der Waals surface area contributed by atoms with Crippen LogP contribution in [0.5, 0.6) is 5.75 Å². The Hall–Kier alpha value is -1.60. The van der Waals surface area contributed by atoms with Crippen LogP contribution in [0.1, 0.15) is 12.0 Å². The van der Waals surface area contributed by atoms with Crippen LogP contribution in [0.2, 0.25) is 0 Å². The number of aromatic nitrogens is 1. The van der Waals surface area contributed by atoms with Crippen molar-refractivity contribution < 1.29 is 9.47 Å². The Balaban J connectivity index is 1.97. The zero-order valence-corrected chi connectivity index (χ0v) is 7.64. The maximum absolute atomic E-state index is 8.77. The van der Waals surface area contributed by atoms with Gasteiger partial charge in [-0.25, -0.2) is 0 Å². The minimum absolute atomic E-state index is 0.182.